The summed E-state index contributed by atoms with van der Waals surface area (Å²) in [4.78, 5) is 31.7. The molecule has 1 aliphatic heterocycles. The predicted molar refractivity (Wildman–Crippen MR) is 116 cm³/mol. The number of aryl methyl sites for hydroxylation is 1. The van der Waals surface area contributed by atoms with Crippen LogP contribution in [0.4, 0.5) is 25.8 Å². The summed E-state index contributed by atoms with van der Waals surface area (Å²) in [7, 11) is 0. The molecule has 0 aromatic heterocycles. The Morgan fingerprint density at radius 2 is 1.77 bits per heavy atom. The average Bonchev–Trinajstić information content (AvgIpc) is 2.88. The first-order valence-corrected chi connectivity index (χ1v) is 9.69. The highest BCUT2D eigenvalue weighted by Gasteiger charge is 2.26. The van der Waals surface area contributed by atoms with Crippen molar-refractivity contribution in [2.75, 3.05) is 16.8 Å². The zero-order chi connectivity index (χ0) is 22.0. The number of rotatable bonds is 4. The molecule has 5 nitrogen and oxygen atoms in total. The summed E-state index contributed by atoms with van der Waals surface area (Å²) in [6.45, 7) is 1.69. The van der Waals surface area contributed by atoms with Crippen molar-refractivity contribution in [2.24, 2.45) is 4.99 Å². The predicted octanol–water partition coefficient (Wildman–Crippen LogP) is 4.77. The smallest absolute Gasteiger partial charge is 0.244 e. The molecule has 0 aliphatic carbocycles. The lowest BCUT2D eigenvalue weighted by Crippen LogP contribution is -2.38. The van der Waals surface area contributed by atoms with Gasteiger partial charge in [0.2, 0.25) is 11.8 Å². The standard InChI is InChI=1S/C24H19F2N3O2/c1-15-6-8-16(9-7-15)21-13-24(31)29(22-5-3-2-4-20(22)28-21)14-23(30)27-17-10-11-18(25)19(26)12-17/h2-12H,13-14H2,1H3,(H,27,30). The van der Waals surface area contributed by atoms with E-state index < -0.39 is 17.5 Å². The van der Waals surface area contributed by atoms with Crippen LogP contribution >= 0.6 is 0 Å². The molecule has 1 aliphatic rings. The highest BCUT2D eigenvalue weighted by Crippen LogP contribution is 2.33. The molecule has 3 aromatic carbocycles. The number of fused-ring (bicyclic) bond motifs is 1. The van der Waals surface area contributed by atoms with E-state index in [1.807, 2.05) is 37.3 Å². The molecule has 0 saturated heterocycles. The number of nitrogens with one attached hydrogen (secondary N) is 1. The van der Waals surface area contributed by atoms with E-state index in [0.29, 0.717) is 17.1 Å². The molecular weight excluding hydrogens is 400 g/mol. The third-order valence-corrected chi connectivity index (χ3v) is 4.94. The van der Waals surface area contributed by atoms with Crippen LogP contribution in [-0.4, -0.2) is 24.1 Å². The maximum atomic E-state index is 13.4. The number of hydrogen-bond acceptors (Lipinski definition) is 3. The maximum absolute atomic E-state index is 13.4. The zero-order valence-electron chi connectivity index (χ0n) is 16.7. The van der Waals surface area contributed by atoms with E-state index in [0.717, 1.165) is 23.3 Å². The van der Waals surface area contributed by atoms with Gasteiger partial charge in [-0.05, 0) is 36.8 Å². The highest BCUT2D eigenvalue weighted by atomic mass is 19.2. The minimum atomic E-state index is -1.06. The maximum Gasteiger partial charge on any atom is 0.244 e. The summed E-state index contributed by atoms with van der Waals surface area (Å²) in [5, 5.41) is 2.50. The van der Waals surface area contributed by atoms with E-state index in [9.17, 15) is 18.4 Å². The number of amides is 2. The van der Waals surface area contributed by atoms with E-state index in [2.05, 4.69) is 10.3 Å². The fraction of sp³-hybridized carbons (Fsp3) is 0.125. The minimum Gasteiger partial charge on any atom is -0.324 e. The summed E-state index contributed by atoms with van der Waals surface area (Å²) in [5.41, 5.74) is 3.73. The van der Waals surface area contributed by atoms with Gasteiger partial charge < -0.3 is 10.2 Å². The Labute approximate surface area is 178 Å². The first kappa shape index (κ1) is 20.4. The molecule has 0 radical (unpaired) electrons. The summed E-state index contributed by atoms with van der Waals surface area (Å²) < 4.78 is 26.5. The number of anilines is 2. The van der Waals surface area contributed by atoms with Crippen molar-refractivity contribution in [2.45, 2.75) is 13.3 Å². The van der Waals surface area contributed by atoms with Gasteiger partial charge in [-0.1, -0.05) is 42.0 Å². The third kappa shape index (κ3) is 4.50. The molecule has 7 heteroatoms. The fourth-order valence-electron chi connectivity index (χ4n) is 3.35. The molecule has 0 fully saturated rings. The summed E-state index contributed by atoms with van der Waals surface area (Å²) in [5.74, 6) is -2.89. The van der Waals surface area contributed by atoms with Gasteiger partial charge in [0.15, 0.2) is 11.6 Å². The largest absolute Gasteiger partial charge is 0.324 e. The summed E-state index contributed by atoms with van der Waals surface area (Å²) >= 11 is 0. The average molecular weight is 419 g/mol. The van der Waals surface area contributed by atoms with Gasteiger partial charge in [-0.15, -0.1) is 0 Å². The molecule has 1 heterocycles. The molecule has 0 spiro atoms. The van der Waals surface area contributed by atoms with Crippen molar-refractivity contribution in [3.8, 4) is 0 Å². The Kier molecular flexibility index (Phi) is 5.58. The number of carbonyl (C=O) groups excluding carboxylic acids is 2. The van der Waals surface area contributed by atoms with Crippen LogP contribution < -0.4 is 10.2 Å². The van der Waals surface area contributed by atoms with Crippen LogP contribution in [0.3, 0.4) is 0 Å². The van der Waals surface area contributed by atoms with Crippen molar-refractivity contribution in [1.82, 2.24) is 0 Å². The van der Waals surface area contributed by atoms with Gasteiger partial charge in [0.05, 0.1) is 23.5 Å². The van der Waals surface area contributed by atoms with Gasteiger partial charge in [-0.25, -0.2) is 8.78 Å². The Morgan fingerprint density at radius 3 is 2.52 bits per heavy atom. The number of nitrogens with zero attached hydrogens (tertiary/aromatic N) is 2. The van der Waals surface area contributed by atoms with Crippen LogP contribution in [0.25, 0.3) is 0 Å². The number of aliphatic imine (C=N–C) groups is 1. The normalized spacial score (nSPS) is 13.3. The quantitative estimate of drug-likeness (QED) is 0.662. The monoisotopic (exact) mass is 419 g/mol. The first-order valence-electron chi connectivity index (χ1n) is 9.69. The molecule has 31 heavy (non-hydrogen) atoms. The topological polar surface area (TPSA) is 61.8 Å². The lowest BCUT2D eigenvalue weighted by molar-refractivity contribution is -0.120. The molecule has 0 unspecified atom stereocenters. The van der Waals surface area contributed by atoms with Crippen LogP contribution in [0.2, 0.25) is 0 Å². The van der Waals surface area contributed by atoms with Gasteiger partial charge in [-0.2, -0.15) is 0 Å². The Hall–Kier alpha value is -3.87. The summed E-state index contributed by atoms with van der Waals surface area (Å²) in [6.07, 6.45) is 0.0240. The molecule has 0 atom stereocenters. The Morgan fingerprint density at radius 1 is 1.03 bits per heavy atom. The van der Waals surface area contributed by atoms with E-state index >= 15 is 0 Å². The van der Waals surface area contributed by atoms with Crippen molar-refractivity contribution in [3.05, 3.63) is 89.5 Å². The zero-order valence-corrected chi connectivity index (χ0v) is 16.7. The molecule has 4 rings (SSSR count). The number of benzene rings is 3. The second-order valence-corrected chi connectivity index (χ2v) is 7.25. The van der Waals surface area contributed by atoms with Crippen LogP contribution in [0.15, 0.2) is 71.7 Å². The van der Waals surface area contributed by atoms with E-state index in [-0.39, 0.29) is 24.6 Å². The fourth-order valence-corrected chi connectivity index (χ4v) is 3.35. The minimum absolute atomic E-state index is 0.0240. The van der Waals surface area contributed by atoms with Gasteiger partial charge in [0, 0.05) is 11.8 Å². The van der Waals surface area contributed by atoms with Crippen molar-refractivity contribution in [3.63, 3.8) is 0 Å². The SMILES string of the molecule is Cc1ccc(C2=Nc3ccccc3N(CC(=O)Nc3ccc(F)c(F)c3)C(=O)C2)cc1. The number of para-hydroxylation sites is 2. The van der Waals surface area contributed by atoms with Crippen LogP contribution in [0.5, 0.6) is 0 Å². The van der Waals surface area contributed by atoms with E-state index in [4.69, 9.17) is 0 Å². The van der Waals surface area contributed by atoms with E-state index in [1.165, 1.54) is 11.0 Å². The second kappa shape index (κ2) is 8.47. The molecule has 0 bridgehead atoms. The molecule has 0 saturated carbocycles. The van der Waals surface area contributed by atoms with E-state index in [1.54, 1.807) is 18.2 Å². The first-order chi connectivity index (χ1) is 14.9. The lowest BCUT2D eigenvalue weighted by atomic mass is 10.1. The molecule has 1 N–H and O–H groups in total. The molecular formula is C24H19F2N3O2. The molecule has 3 aromatic rings. The molecule has 2 amide bonds. The number of carbonyl (C=O) groups is 2. The van der Waals surface area contributed by atoms with Crippen molar-refractivity contribution in [1.29, 1.82) is 0 Å². The van der Waals surface area contributed by atoms with Crippen LogP contribution in [-0.2, 0) is 9.59 Å². The lowest BCUT2D eigenvalue weighted by Gasteiger charge is -2.22. The third-order valence-electron chi connectivity index (χ3n) is 4.94. The van der Waals surface area contributed by atoms with Gasteiger partial charge in [0.25, 0.3) is 0 Å². The van der Waals surface area contributed by atoms with Gasteiger partial charge in [-0.3, -0.25) is 14.6 Å². The van der Waals surface area contributed by atoms with Crippen LogP contribution in [0, 0.1) is 18.6 Å². The number of hydrogen-bond donors (Lipinski definition) is 1. The highest BCUT2D eigenvalue weighted by molar-refractivity contribution is 6.19. The van der Waals surface area contributed by atoms with Gasteiger partial charge in [0.1, 0.15) is 6.54 Å². The van der Waals surface area contributed by atoms with Crippen molar-refractivity contribution >= 4 is 34.6 Å². The molecule has 156 valence electrons. The number of halogens is 2. The van der Waals surface area contributed by atoms with Crippen LogP contribution in [0.1, 0.15) is 17.5 Å². The summed E-state index contributed by atoms with van der Waals surface area (Å²) in [6, 6.07) is 17.9. The Balaban J connectivity index is 1.59. The Bertz CT molecular complexity index is 1190. The second-order valence-electron chi connectivity index (χ2n) is 7.25. The van der Waals surface area contributed by atoms with Gasteiger partial charge >= 0.3 is 0 Å². The van der Waals surface area contributed by atoms with Crippen molar-refractivity contribution < 1.29 is 18.4 Å².